The first-order chi connectivity index (χ1) is 15.0. The number of benzene rings is 2. The van der Waals surface area contributed by atoms with Crippen LogP contribution in [0.3, 0.4) is 0 Å². The minimum atomic E-state index is 0.0940. The van der Waals surface area contributed by atoms with E-state index in [0.29, 0.717) is 13.0 Å². The Balaban J connectivity index is 1.17. The Hall–Kier alpha value is -2.66. The van der Waals surface area contributed by atoms with Crippen molar-refractivity contribution in [1.29, 1.82) is 0 Å². The van der Waals surface area contributed by atoms with Crippen LogP contribution in [0.5, 0.6) is 0 Å². The first kappa shape index (κ1) is 21.6. The smallest absolute Gasteiger partial charge is 0.220 e. The highest BCUT2D eigenvalue weighted by atomic mass is 16.1. The number of fused-ring (bicyclic) bond motifs is 1. The largest absolute Gasteiger partial charge is 0.352 e. The summed E-state index contributed by atoms with van der Waals surface area (Å²) in [5.74, 6) is 2.61. The van der Waals surface area contributed by atoms with Gasteiger partial charge in [0.2, 0.25) is 5.91 Å². The van der Waals surface area contributed by atoms with Crippen LogP contribution < -0.4 is 5.32 Å². The molecule has 2 aromatic carbocycles. The third-order valence-corrected chi connectivity index (χ3v) is 6.12. The number of hydrogen-bond donors (Lipinski definition) is 2. The minimum Gasteiger partial charge on any atom is -0.352 e. The van der Waals surface area contributed by atoms with E-state index in [1.54, 1.807) is 0 Å². The number of rotatable bonds is 8. The number of piperidine rings is 1. The van der Waals surface area contributed by atoms with E-state index < -0.39 is 0 Å². The Morgan fingerprint density at radius 1 is 1.06 bits per heavy atom. The summed E-state index contributed by atoms with van der Waals surface area (Å²) in [6.07, 6.45) is 3.43. The SMILES string of the molecule is C[C@@H]1C[C@H](C)CN(Cc2ccc(CNC(=O)CCCc3nc4ccccc4[nH]3)cc2)C1. The molecule has 164 valence electrons. The number of amides is 1. The molecule has 1 aliphatic heterocycles. The highest BCUT2D eigenvalue weighted by Crippen LogP contribution is 2.22. The van der Waals surface area contributed by atoms with E-state index in [4.69, 9.17) is 0 Å². The molecule has 31 heavy (non-hydrogen) atoms. The van der Waals surface area contributed by atoms with Crippen LogP contribution in [0.15, 0.2) is 48.5 Å². The van der Waals surface area contributed by atoms with Gasteiger partial charge >= 0.3 is 0 Å². The normalized spacial score (nSPS) is 19.5. The molecular weight excluding hydrogens is 384 g/mol. The number of aryl methyl sites for hydroxylation is 1. The molecule has 0 saturated carbocycles. The van der Waals surface area contributed by atoms with Crippen molar-refractivity contribution < 1.29 is 4.79 Å². The fourth-order valence-electron chi connectivity index (χ4n) is 4.77. The number of nitrogens with zero attached hydrogens (tertiary/aromatic N) is 2. The van der Waals surface area contributed by atoms with E-state index in [0.717, 1.165) is 53.6 Å². The van der Waals surface area contributed by atoms with E-state index in [-0.39, 0.29) is 5.91 Å². The Labute approximate surface area is 185 Å². The van der Waals surface area contributed by atoms with Gasteiger partial charge in [-0.3, -0.25) is 9.69 Å². The molecule has 0 aliphatic carbocycles. The number of likely N-dealkylation sites (tertiary alicyclic amines) is 1. The Bertz CT molecular complexity index is 951. The topological polar surface area (TPSA) is 61.0 Å². The molecule has 0 unspecified atom stereocenters. The van der Waals surface area contributed by atoms with Crippen molar-refractivity contribution in [3.8, 4) is 0 Å². The average molecular weight is 419 g/mol. The van der Waals surface area contributed by atoms with Crippen LogP contribution in [-0.4, -0.2) is 33.9 Å². The molecule has 4 rings (SSSR count). The van der Waals surface area contributed by atoms with Gasteiger partial charge in [-0.25, -0.2) is 4.98 Å². The molecule has 1 fully saturated rings. The van der Waals surface area contributed by atoms with Crippen LogP contribution in [0.25, 0.3) is 11.0 Å². The van der Waals surface area contributed by atoms with Gasteiger partial charge in [-0.05, 0) is 47.9 Å². The first-order valence-electron chi connectivity index (χ1n) is 11.6. The fraction of sp³-hybridized carbons (Fsp3) is 0.462. The number of hydrogen-bond acceptors (Lipinski definition) is 3. The zero-order valence-corrected chi connectivity index (χ0v) is 18.7. The van der Waals surface area contributed by atoms with Gasteiger partial charge in [-0.15, -0.1) is 0 Å². The van der Waals surface area contributed by atoms with Crippen molar-refractivity contribution >= 4 is 16.9 Å². The van der Waals surface area contributed by atoms with Gasteiger partial charge in [-0.2, -0.15) is 0 Å². The number of para-hydroxylation sites is 2. The summed E-state index contributed by atoms with van der Waals surface area (Å²) in [5.41, 5.74) is 4.53. The molecule has 2 N–H and O–H groups in total. The number of imidazole rings is 1. The molecule has 2 atom stereocenters. The van der Waals surface area contributed by atoms with Crippen molar-refractivity contribution in [3.63, 3.8) is 0 Å². The van der Waals surface area contributed by atoms with Gasteiger partial charge in [0.15, 0.2) is 0 Å². The predicted octanol–water partition coefficient (Wildman–Crippen LogP) is 4.68. The van der Waals surface area contributed by atoms with Crippen LogP contribution in [0.4, 0.5) is 0 Å². The zero-order chi connectivity index (χ0) is 21.6. The van der Waals surface area contributed by atoms with Crippen LogP contribution in [0.2, 0.25) is 0 Å². The van der Waals surface area contributed by atoms with E-state index in [9.17, 15) is 4.79 Å². The Morgan fingerprint density at radius 2 is 1.77 bits per heavy atom. The van der Waals surface area contributed by atoms with Crippen LogP contribution in [-0.2, 0) is 24.3 Å². The van der Waals surface area contributed by atoms with Crippen molar-refractivity contribution in [2.75, 3.05) is 13.1 Å². The third-order valence-electron chi connectivity index (χ3n) is 6.12. The third kappa shape index (κ3) is 6.17. The maximum Gasteiger partial charge on any atom is 0.220 e. The summed E-state index contributed by atoms with van der Waals surface area (Å²) in [6.45, 7) is 8.69. The van der Waals surface area contributed by atoms with E-state index in [1.165, 1.54) is 25.1 Å². The van der Waals surface area contributed by atoms with Gasteiger partial charge in [0.05, 0.1) is 11.0 Å². The molecule has 5 heteroatoms. The van der Waals surface area contributed by atoms with E-state index in [2.05, 4.69) is 58.3 Å². The van der Waals surface area contributed by atoms with Crippen molar-refractivity contribution in [1.82, 2.24) is 20.2 Å². The second-order valence-electron chi connectivity index (χ2n) is 9.29. The number of nitrogens with one attached hydrogen (secondary N) is 2. The van der Waals surface area contributed by atoms with Crippen LogP contribution in [0, 0.1) is 11.8 Å². The summed E-state index contributed by atoms with van der Waals surface area (Å²) in [4.78, 5) is 22.7. The maximum absolute atomic E-state index is 12.2. The highest BCUT2D eigenvalue weighted by molar-refractivity contribution is 5.76. The molecule has 1 aliphatic rings. The predicted molar refractivity (Wildman–Crippen MR) is 126 cm³/mol. The lowest BCUT2D eigenvalue weighted by molar-refractivity contribution is -0.121. The van der Waals surface area contributed by atoms with E-state index in [1.807, 2.05) is 24.3 Å². The number of carbonyl (C=O) groups excluding carboxylic acids is 1. The molecule has 1 aromatic heterocycles. The number of H-pyrrole nitrogens is 1. The van der Waals surface area contributed by atoms with Gasteiger partial charge in [0.25, 0.3) is 0 Å². The number of aromatic amines is 1. The average Bonchev–Trinajstić information content (AvgIpc) is 3.15. The second kappa shape index (κ2) is 10.1. The standard InChI is InChI=1S/C26H34N4O/c1-19-14-20(2)17-30(16-19)18-22-12-10-21(11-13-22)15-27-26(31)9-5-8-25-28-23-6-3-4-7-24(23)29-25/h3-4,6-7,10-13,19-20H,5,8-9,14-18H2,1-2H3,(H,27,31)(H,28,29)/t19-,20+. The highest BCUT2D eigenvalue weighted by Gasteiger charge is 2.21. The number of aromatic nitrogens is 2. The lowest BCUT2D eigenvalue weighted by Gasteiger charge is -2.35. The van der Waals surface area contributed by atoms with Crippen LogP contribution >= 0.6 is 0 Å². The van der Waals surface area contributed by atoms with E-state index >= 15 is 0 Å². The first-order valence-corrected chi connectivity index (χ1v) is 11.6. The summed E-state index contributed by atoms with van der Waals surface area (Å²) in [5, 5.41) is 3.04. The molecular formula is C26H34N4O. The van der Waals surface area contributed by atoms with Crippen LogP contribution in [0.1, 0.15) is 50.1 Å². The Kier molecular flexibility index (Phi) is 7.03. The summed E-state index contributed by atoms with van der Waals surface area (Å²) < 4.78 is 0. The fourth-order valence-corrected chi connectivity index (χ4v) is 4.77. The molecule has 0 spiro atoms. The van der Waals surface area contributed by atoms with Crippen molar-refractivity contribution in [3.05, 3.63) is 65.5 Å². The van der Waals surface area contributed by atoms with Gasteiger partial charge in [-0.1, -0.05) is 50.2 Å². The molecule has 2 heterocycles. The van der Waals surface area contributed by atoms with Gasteiger partial charge < -0.3 is 10.3 Å². The summed E-state index contributed by atoms with van der Waals surface area (Å²) >= 11 is 0. The molecule has 0 radical (unpaired) electrons. The quantitative estimate of drug-likeness (QED) is 0.558. The Morgan fingerprint density at radius 3 is 2.52 bits per heavy atom. The number of carbonyl (C=O) groups is 1. The summed E-state index contributed by atoms with van der Waals surface area (Å²) in [6, 6.07) is 16.7. The monoisotopic (exact) mass is 418 g/mol. The molecule has 1 saturated heterocycles. The molecule has 3 aromatic rings. The second-order valence-corrected chi connectivity index (χ2v) is 9.29. The molecule has 0 bridgehead atoms. The summed E-state index contributed by atoms with van der Waals surface area (Å²) in [7, 11) is 0. The van der Waals surface area contributed by atoms with Gasteiger partial charge in [0.1, 0.15) is 5.82 Å². The van der Waals surface area contributed by atoms with Crippen molar-refractivity contribution in [2.45, 2.75) is 52.6 Å². The lowest BCUT2D eigenvalue weighted by atomic mass is 9.91. The maximum atomic E-state index is 12.2. The lowest BCUT2D eigenvalue weighted by Crippen LogP contribution is -2.38. The zero-order valence-electron chi connectivity index (χ0n) is 18.7. The molecule has 5 nitrogen and oxygen atoms in total. The van der Waals surface area contributed by atoms with Crippen molar-refractivity contribution in [2.24, 2.45) is 11.8 Å². The minimum absolute atomic E-state index is 0.0940. The molecule has 1 amide bonds. The van der Waals surface area contributed by atoms with Gasteiger partial charge in [0, 0.05) is 39.0 Å².